The second-order valence-electron chi connectivity index (χ2n) is 9.98. The Bertz CT molecular complexity index is 1180. The third-order valence-electron chi connectivity index (χ3n) is 5.69. The van der Waals surface area contributed by atoms with Gasteiger partial charge >= 0.3 is 0 Å². The summed E-state index contributed by atoms with van der Waals surface area (Å²) in [7, 11) is 0. The molecular formula is C24H32N8O. The minimum absolute atomic E-state index is 0.0600. The van der Waals surface area contributed by atoms with E-state index in [1.165, 1.54) is 0 Å². The van der Waals surface area contributed by atoms with Crippen molar-refractivity contribution < 1.29 is 4.79 Å². The van der Waals surface area contributed by atoms with E-state index >= 15 is 0 Å². The van der Waals surface area contributed by atoms with Gasteiger partial charge in [0.2, 0.25) is 5.91 Å². The molecule has 4 rings (SSSR count). The Balaban J connectivity index is 1.80. The van der Waals surface area contributed by atoms with Crippen LogP contribution in [0.15, 0.2) is 24.7 Å². The van der Waals surface area contributed by atoms with Crippen LogP contribution in [-0.4, -0.2) is 41.7 Å². The molecule has 1 aliphatic heterocycles. The van der Waals surface area contributed by atoms with Crippen LogP contribution < -0.4 is 10.2 Å². The molecule has 0 bridgehead atoms. The quantitative estimate of drug-likeness (QED) is 0.614. The molecule has 33 heavy (non-hydrogen) atoms. The Kier molecular flexibility index (Phi) is 5.90. The van der Waals surface area contributed by atoms with Crippen molar-refractivity contribution in [3.8, 4) is 17.1 Å². The fraction of sp³-hybridized carbons (Fsp3) is 0.500. The van der Waals surface area contributed by atoms with Crippen molar-refractivity contribution in [1.82, 2.24) is 29.7 Å². The molecule has 0 radical (unpaired) electrons. The van der Waals surface area contributed by atoms with Crippen molar-refractivity contribution in [3.05, 3.63) is 36.3 Å². The Morgan fingerprint density at radius 2 is 1.97 bits per heavy atom. The van der Waals surface area contributed by atoms with E-state index in [-0.39, 0.29) is 23.4 Å². The maximum atomic E-state index is 12.6. The molecule has 4 heterocycles. The minimum Gasteiger partial charge on any atom is -0.342 e. The molecule has 1 unspecified atom stereocenters. The first-order valence-corrected chi connectivity index (χ1v) is 11.4. The number of carbonyl (C=O) groups is 1. The van der Waals surface area contributed by atoms with Crippen molar-refractivity contribution in [3.63, 3.8) is 0 Å². The van der Waals surface area contributed by atoms with E-state index in [1.807, 2.05) is 44.5 Å². The summed E-state index contributed by atoms with van der Waals surface area (Å²) in [5.41, 5.74) is 2.09. The van der Waals surface area contributed by atoms with Gasteiger partial charge in [-0.15, -0.1) is 10.2 Å². The van der Waals surface area contributed by atoms with Gasteiger partial charge in [0, 0.05) is 24.2 Å². The number of nitrogens with one attached hydrogen (secondary N) is 1. The number of aryl methyl sites for hydroxylation is 1. The average molecular weight is 449 g/mol. The maximum Gasteiger partial charge on any atom is 0.224 e. The van der Waals surface area contributed by atoms with E-state index in [0.717, 1.165) is 35.1 Å². The lowest BCUT2D eigenvalue weighted by Crippen LogP contribution is -2.40. The number of pyridine rings is 1. The van der Waals surface area contributed by atoms with E-state index in [2.05, 4.69) is 51.2 Å². The summed E-state index contributed by atoms with van der Waals surface area (Å²) in [6.45, 7) is 14.5. The van der Waals surface area contributed by atoms with Crippen LogP contribution in [0.3, 0.4) is 0 Å². The van der Waals surface area contributed by atoms with Crippen molar-refractivity contribution in [2.75, 3.05) is 10.2 Å². The van der Waals surface area contributed by atoms with Crippen LogP contribution in [-0.2, 0) is 4.79 Å². The lowest BCUT2D eigenvalue weighted by Gasteiger charge is -2.39. The highest BCUT2D eigenvalue weighted by molar-refractivity contribution is 5.94. The smallest absolute Gasteiger partial charge is 0.224 e. The summed E-state index contributed by atoms with van der Waals surface area (Å²) >= 11 is 0. The first-order valence-electron chi connectivity index (χ1n) is 11.4. The molecule has 3 aromatic heterocycles. The summed E-state index contributed by atoms with van der Waals surface area (Å²) in [6, 6.07) is 2.10. The number of amides is 1. The molecule has 0 saturated carbocycles. The van der Waals surface area contributed by atoms with Crippen molar-refractivity contribution >= 4 is 17.4 Å². The number of nitrogens with zero attached hydrogens (tertiary/aromatic N) is 7. The molecule has 3 aromatic rings. The molecule has 0 aromatic carbocycles. The highest BCUT2D eigenvalue weighted by Gasteiger charge is 2.36. The molecule has 1 amide bonds. The average Bonchev–Trinajstić information content (AvgIpc) is 3.12. The molecule has 1 aliphatic rings. The standard InChI is InChI=1S/C24H32N8O/c1-8-18-23-30-29-15(4)32(23)19-13-26-21(28-22(19)31(18)14(2)3)16-9-10-25-12-17(16)27-20(33)11-24(5,6)7/h9-10,12-14,18H,8,11H2,1-7H3,(H,27,33). The predicted molar refractivity (Wildman–Crippen MR) is 128 cm³/mol. The maximum absolute atomic E-state index is 12.6. The summed E-state index contributed by atoms with van der Waals surface area (Å²) < 4.78 is 2.05. The second kappa shape index (κ2) is 8.53. The molecular weight excluding hydrogens is 416 g/mol. The molecule has 0 aliphatic carbocycles. The zero-order chi connectivity index (χ0) is 23.9. The second-order valence-corrected chi connectivity index (χ2v) is 9.98. The van der Waals surface area contributed by atoms with Crippen molar-refractivity contribution in [2.45, 2.75) is 73.4 Å². The molecule has 0 fully saturated rings. The van der Waals surface area contributed by atoms with Gasteiger partial charge in [0.15, 0.2) is 17.5 Å². The Hall–Kier alpha value is -3.36. The third kappa shape index (κ3) is 4.31. The minimum atomic E-state index is -0.115. The highest BCUT2D eigenvalue weighted by atomic mass is 16.1. The fourth-order valence-corrected chi connectivity index (χ4v) is 4.36. The fourth-order valence-electron chi connectivity index (χ4n) is 4.36. The predicted octanol–water partition coefficient (Wildman–Crippen LogP) is 4.48. The largest absolute Gasteiger partial charge is 0.342 e. The first-order chi connectivity index (χ1) is 15.6. The van der Waals surface area contributed by atoms with Gasteiger partial charge in [0.1, 0.15) is 11.5 Å². The van der Waals surface area contributed by atoms with Gasteiger partial charge < -0.3 is 10.2 Å². The third-order valence-corrected chi connectivity index (χ3v) is 5.69. The lowest BCUT2D eigenvalue weighted by atomic mass is 9.92. The molecule has 9 nitrogen and oxygen atoms in total. The van der Waals surface area contributed by atoms with Crippen molar-refractivity contribution in [1.29, 1.82) is 0 Å². The monoisotopic (exact) mass is 448 g/mol. The van der Waals surface area contributed by atoms with Gasteiger partial charge in [-0.05, 0) is 38.7 Å². The number of anilines is 2. The lowest BCUT2D eigenvalue weighted by molar-refractivity contribution is -0.117. The van der Waals surface area contributed by atoms with Gasteiger partial charge in [0.25, 0.3) is 0 Å². The van der Waals surface area contributed by atoms with Crippen LogP contribution in [0.25, 0.3) is 17.1 Å². The van der Waals surface area contributed by atoms with Crippen LogP contribution in [0, 0.1) is 12.3 Å². The van der Waals surface area contributed by atoms with Gasteiger partial charge in [-0.3, -0.25) is 14.3 Å². The number of carbonyl (C=O) groups excluding carboxylic acids is 1. The number of hydrogen-bond donors (Lipinski definition) is 1. The summed E-state index contributed by atoms with van der Waals surface area (Å²) in [6.07, 6.45) is 6.43. The number of rotatable bonds is 5. The van der Waals surface area contributed by atoms with E-state index in [4.69, 9.17) is 4.98 Å². The normalized spacial score (nSPS) is 15.4. The Morgan fingerprint density at radius 3 is 2.64 bits per heavy atom. The highest BCUT2D eigenvalue weighted by Crippen LogP contribution is 2.41. The molecule has 0 saturated heterocycles. The zero-order valence-corrected chi connectivity index (χ0v) is 20.4. The van der Waals surface area contributed by atoms with E-state index < -0.39 is 0 Å². The van der Waals surface area contributed by atoms with Crippen LogP contribution in [0.5, 0.6) is 0 Å². The van der Waals surface area contributed by atoms with Crippen LogP contribution in [0.4, 0.5) is 11.5 Å². The van der Waals surface area contributed by atoms with Gasteiger partial charge in [-0.1, -0.05) is 27.7 Å². The van der Waals surface area contributed by atoms with E-state index in [1.54, 1.807) is 12.4 Å². The first kappa shape index (κ1) is 22.8. The van der Waals surface area contributed by atoms with Gasteiger partial charge in [-0.25, -0.2) is 9.97 Å². The molecule has 174 valence electrons. The summed E-state index contributed by atoms with van der Waals surface area (Å²) in [5, 5.41) is 11.8. The molecule has 9 heteroatoms. The van der Waals surface area contributed by atoms with Crippen LogP contribution in [0.2, 0.25) is 0 Å². The van der Waals surface area contributed by atoms with Crippen LogP contribution >= 0.6 is 0 Å². The van der Waals surface area contributed by atoms with Gasteiger partial charge in [-0.2, -0.15) is 0 Å². The SMILES string of the molecule is CCC1c2nnc(C)n2-c2cnc(-c3ccncc3NC(=O)CC(C)(C)C)nc2N1C(C)C. The summed E-state index contributed by atoms with van der Waals surface area (Å²) in [4.78, 5) is 28.8. The molecule has 1 atom stereocenters. The number of fused-ring (bicyclic) bond motifs is 3. The zero-order valence-electron chi connectivity index (χ0n) is 20.4. The van der Waals surface area contributed by atoms with E-state index in [9.17, 15) is 4.79 Å². The van der Waals surface area contributed by atoms with Crippen LogP contribution in [0.1, 0.15) is 72.1 Å². The Labute approximate surface area is 194 Å². The Morgan fingerprint density at radius 1 is 1.21 bits per heavy atom. The molecule has 1 N–H and O–H groups in total. The number of aromatic nitrogens is 6. The summed E-state index contributed by atoms with van der Waals surface area (Å²) in [5.74, 6) is 3.03. The van der Waals surface area contributed by atoms with Gasteiger partial charge in [0.05, 0.1) is 24.1 Å². The number of hydrogen-bond acceptors (Lipinski definition) is 7. The van der Waals surface area contributed by atoms with Crippen molar-refractivity contribution in [2.24, 2.45) is 5.41 Å². The topological polar surface area (TPSA) is 102 Å². The molecule has 0 spiro atoms. The van der Waals surface area contributed by atoms with E-state index in [0.29, 0.717) is 17.9 Å².